The Morgan fingerprint density at radius 3 is 3.17 bits per heavy atom. The van der Waals surface area contributed by atoms with Crippen LogP contribution in [0.25, 0.3) is 0 Å². The fraction of sp³-hybridized carbons (Fsp3) is 0.500. The van der Waals surface area contributed by atoms with Gasteiger partial charge < -0.3 is 15.4 Å². The summed E-state index contributed by atoms with van der Waals surface area (Å²) >= 11 is 0. The number of hydrogen-bond donors (Lipinski definition) is 2. The number of amides is 1. The van der Waals surface area contributed by atoms with Crippen LogP contribution in [0.5, 0.6) is 5.75 Å². The monoisotopic (exact) mass is 248 g/mol. The van der Waals surface area contributed by atoms with E-state index in [0.717, 1.165) is 19.6 Å². The molecule has 0 bridgehead atoms. The molecule has 1 aromatic rings. The van der Waals surface area contributed by atoms with Gasteiger partial charge in [0.15, 0.2) is 0 Å². The van der Waals surface area contributed by atoms with E-state index in [4.69, 9.17) is 4.74 Å². The molecule has 0 aliphatic carbocycles. The van der Waals surface area contributed by atoms with Gasteiger partial charge in [-0.25, -0.2) is 0 Å². The van der Waals surface area contributed by atoms with E-state index in [0.29, 0.717) is 17.2 Å². The number of ether oxygens (including phenoxy) is 1. The average Bonchev–Trinajstić information content (AvgIpc) is 2.46. The standard InChI is InChI=1S/C14H20N2O2/c1-18-13-6-2-5-12(8-13)14(17)16-10-11-4-3-7-15-9-11/h2,5-6,8,11,15H,3-4,7,9-10H2,1H3,(H,16,17). The maximum Gasteiger partial charge on any atom is 0.251 e. The molecule has 1 aromatic carbocycles. The lowest BCUT2D eigenvalue weighted by Crippen LogP contribution is -2.38. The molecular weight excluding hydrogens is 228 g/mol. The molecule has 98 valence electrons. The maximum atomic E-state index is 12.0. The fourth-order valence-electron chi connectivity index (χ4n) is 2.20. The summed E-state index contributed by atoms with van der Waals surface area (Å²) in [6.45, 7) is 2.84. The molecule has 0 saturated carbocycles. The zero-order valence-corrected chi connectivity index (χ0v) is 10.7. The molecule has 1 atom stereocenters. The first kappa shape index (κ1) is 12.9. The molecule has 0 spiro atoms. The minimum absolute atomic E-state index is 0.0283. The van der Waals surface area contributed by atoms with Crippen LogP contribution in [0.3, 0.4) is 0 Å². The van der Waals surface area contributed by atoms with Crippen molar-refractivity contribution >= 4 is 5.91 Å². The van der Waals surface area contributed by atoms with Crippen molar-refractivity contribution in [3.8, 4) is 5.75 Å². The van der Waals surface area contributed by atoms with Crippen molar-refractivity contribution in [1.29, 1.82) is 0 Å². The number of nitrogens with one attached hydrogen (secondary N) is 2. The summed E-state index contributed by atoms with van der Waals surface area (Å²) in [5.41, 5.74) is 0.651. The van der Waals surface area contributed by atoms with Crippen molar-refractivity contribution in [2.24, 2.45) is 5.92 Å². The van der Waals surface area contributed by atoms with Crippen molar-refractivity contribution in [2.75, 3.05) is 26.7 Å². The lowest BCUT2D eigenvalue weighted by Gasteiger charge is -2.22. The van der Waals surface area contributed by atoms with E-state index < -0.39 is 0 Å². The first-order chi connectivity index (χ1) is 8.79. The van der Waals surface area contributed by atoms with E-state index >= 15 is 0 Å². The number of carbonyl (C=O) groups is 1. The Hall–Kier alpha value is -1.55. The third kappa shape index (κ3) is 3.47. The molecule has 1 amide bonds. The summed E-state index contributed by atoms with van der Waals surface area (Å²) in [5.74, 6) is 1.23. The second kappa shape index (κ2) is 6.40. The molecule has 1 fully saturated rings. The molecule has 1 aliphatic rings. The van der Waals surface area contributed by atoms with E-state index in [2.05, 4.69) is 10.6 Å². The first-order valence-electron chi connectivity index (χ1n) is 6.42. The van der Waals surface area contributed by atoms with Crippen LogP contribution in [0.2, 0.25) is 0 Å². The van der Waals surface area contributed by atoms with Gasteiger partial charge in [0.2, 0.25) is 0 Å². The second-order valence-corrected chi connectivity index (χ2v) is 4.65. The van der Waals surface area contributed by atoms with E-state index in [1.807, 2.05) is 12.1 Å². The molecular formula is C14H20N2O2. The highest BCUT2D eigenvalue weighted by Crippen LogP contribution is 2.13. The second-order valence-electron chi connectivity index (χ2n) is 4.65. The number of carbonyl (C=O) groups excluding carboxylic acids is 1. The summed E-state index contributed by atoms with van der Waals surface area (Å²) < 4.78 is 5.11. The number of benzene rings is 1. The summed E-state index contributed by atoms with van der Waals surface area (Å²) in [5, 5.41) is 6.33. The van der Waals surface area contributed by atoms with Crippen LogP contribution in [-0.4, -0.2) is 32.7 Å². The van der Waals surface area contributed by atoms with Gasteiger partial charge in [0.1, 0.15) is 5.75 Å². The Labute approximate surface area is 108 Å². The van der Waals surface area contributed by atoms with Crippen LogP contribution in [-0.2, 0) is 0 Å². The average molecular weight is 248 g/mol. The van der Waals surface area contributed by atoms with E-state index in [-0.39, 0.29) is 5.91 Å². The van der Waals surface area contributed by atoms with Crippen LogP contribution in [0, 0.1) is 5.92 Å². The quantitative estimate of drug-likeness (QED) is 0.847. The minimum atomic E-state index is -0.0283. The number of hydrogen-bond acceptors (Lipinski definition) is 3. The van der Waals surface area contributed by atoms with Crippen LogP contribution in [0.1, 0.15) is 23.2 Å². The summed E-state index contributed by atoms with van der Waals surface area (Å²) in [4.78, 5) is 12.0. The molecule has 18 heavy (non-hydrogen) atoms. The molecule has 0 radical (unpaired) electrons. The van der Waals surface area contributed by atoms with Gasteiger partial charge in [0, 0.05) is 12.1 Å². The molecule has 2 rings (SSSR count). The molecule has 1 unspecified atom stereocenters. The van der Waals surface area contributed by atoms with Gasteiger partial charge in [-0.05, 0) is 50.0 Å². The highest BCUT2D eigenvalue weighted by atomic mass is 16.5. The number of methoxy groups -OCH3 is 1. The van der Waals surface area contributed by atoms with Gasteiger partial charge in [0.05, 0.1) is 7.11 Å². The van der Waals surface area contributed by atoms with Crippen molar-refractivity contribution in [1.82, 2.24) is 10.6 Å². The lowest BCUT2D eigenvalue weighted by atomic mass is 9.99. The zero-order valence-electron chi connectivity index (χ0n) is 10.7. The Balaban J connectivity index is 1.86. The van der Waals surface area contributed by atoms with E-state index in [1.54, 1.807) is 19.2 Å². The summed E-state index contributed by atoms with van der Waals surface area (Å²) in [7, 11) is 1.60. The first-order valence-corrected chi connectivity index (χ1v) is 6.42. The summed E-state index contributed by atoms with van der Waals surface area (Å²) in [6, 6.07) is 7.23. The van der Waals surface area contributed by atoms with Crippen LogP contribution in [0.15, 0.2) is 24.3 Å². The third-order valence-electron chi connectivity index (χ3n) is 3.28. The fourth-order valence-corrected chi connectivity index (χ4v) is 2.20. The third-order valence-corrected chi connectivity index (χ3v) is 3.28. The largest absolute Gasteiger partial charge is 0.497 e. The van der Waals surface area contributed by atoms with Crippen LogP contribution in [0.4, 0.5) is 0 Å². The molecule has 1 heterocycles. The molecule has 1 aliphatic heterocycles. The van der Waals surface area contributed by atoms with E-state index in [1.165, 1.54) is 12.8 Å². The van der Waals surface area contributed by atoms with Crippen molar-refractivity contribution < 1.29 is 9.53 Å². The van der Waals surface area contributed by atoms with Gasteiger partial charge in [0.25, 0.3) is 5.91 Å². The molecule has 4 heteroatoms. The highest BCUT2D eigenvalue weighted by Gasteiger charge is 2.14. The van der Waals surface area contributed by atoms with Crippen LogP contribution < -0.4 is 15.4 Å². The Kier molecular flexibility index (Phi) is 4.59. The number of rotatable bonds is 4. The van der Waals surface area contributed by atoms with Gasteiger partial charge in [-0.2, -0.15) is 0 Å². The zero-order chi connectivity index (χ0) is 12.8. The van der Waals surface area contributed by atoms with Crippen molar-refractivity contribution in [3.63, 3.8) is 0 Å². The predicted octanol–water partition coefficient (Wildman–Crippen LogP) is 1.42. The molecule has 0 aromatic heterocycles. The molecule has 4 nitrogen and oxygen atoms in total. The number of piperidine rings is 1. The predicted molar refractivity (Wildman–Crippen MR) is 70.9 cm³/mol. The van der Waals surface area contributed by atoms with Crippen molar-refractivity contribution in [2.45, 2.75) is 12.8 Å². The SMILES string of the molecule is COc1cccc(C(=O)NCC2CCCNC2)c1. The summed E-state index contributed by atoms with van der Waals surface area (Å²) in [6.07, 6.45) is 2.38. The van der Waals surface area contributed by atoms with Crippen LogP contribution >= 0.6 is 0 Å². The topological polar surface area (TPSA) is 50.4 Å². The van der Waals surface area contributed by atoms with E-state index in [9.17, 15) is 4.79 Å². The van der Waals surface area contributed by atoms with Gasteiger partial charge >= 0.3 is 0 Å². The normalized spacial score (nSPS) is 19.3. The Morgan fingerprint density at radius 2 is 2.44 bits per heavy atom. The molecule has 2 N–H and O–H groups in total. The van der Waals surface area contributed by atoms with Crippen molar-refractivity contribution in [3.05, 3.63) is 29.8 Å². The van der Waals surface area contributed by atoms with Gasteiger partial charge in [-0.3, -0.25) is 4.79 Å². The maximum absolute atomic E-state index is 12.0. The smallest absolute Gasteiger partial charge is 0.251 e. The highest BCUT2D eigenvalue weighted by molar-refractivity contribution is 5.94. The Bertz CT molecular complexity index is 401. The van der Waals surface area contributed by atoms with Gasteiger partial charge in [-0.1, -0.05) is 6.07 Å². The Morgan fingerprint density at radius 1 is 1.56 bits per heavy atom. The molecule has 1 saturated heterocycles. The minimum Gasteiger partial charge on any atom is -0.497 e. The van der Waals surface area contributed by atoms with Gasteiger partial charge in [-0.15, -0.1) is 0 Å². The lowest BCUT2D eigenvalue weighted by molar-refractivity contribution is 0.0944.